The number of nitrogens with zero attached hydrogens (tertiary/aromatic N) is 1. The number of carbonyl (C=O) groups is 1. The number of hydrogen-bond donors (Lipinski definition) is 1. The lowest BCUT2D eigenvalue weighted by Crippen LogP contribution is -1.87. The Balaban J connectivity index is 2.01. The molecule has 0 radical (unpaired) electrons. The lowest BCUT2D eigenvalue weighted by molar-refractivity contribution is -0.131. The number of carboxylic acids is 1. The van der Waals surface area contributed by atoms with Crippen molar-refractivity contribution in [3.63, 3.8) is 0 Å². The molecule has 0 bridgehead atoms. The molecule has 0 unspecified atom stereocenters. The van der Waals surface area contributed by atoms with Gasteiger partial charge in [0.1, 0.15) is 0 Å². The van der Waals surface area contributed by atoms with Crippen molar-refractivity contribution in [2.45, 2.75) is 10.8 Å². The van der Waals surface area contributed by atoms with Crippen molar-refractivity contribution in [3.05, 3.63) is 65.9 Å². The summed E-state index contributed by atoms with van der Waals surface area (Å²) in [5.41, 5.74) is 2.03. The van der Waals surface area contributed by atoms with Gasteiger partial charge in [0.05, 0.1) is 5.03 Å². The fraction of sp³-hybridized carbons (Fsp3) is 0.0667. The van der Waals surface area contributed by atoms with Crippen LogP contribution in [0.3, 0.4) is 0 Å². The summed E-state index contributed by atoms with van der Waals surface area (Å²) in [6.45, 7) is 0. The highest BCUT2D eigenvalue weighted by molar-refractivity contribution is 7.98. The highest BCUT2D eigenvalue weighted by Crippen LogP contribution is 2.21. The van der Waals surface area contributed by atoms with Gasteiger partial charge in [-0.3, -0.25) is 0 Å². The van der Waals surface area contributed by atoms with Crippen LogP contribution in [0.5, 0.6) is 0 Å². The molecule has 0 spiro atoms. The zero-order chi connectivity index (χ0) is 13.5. The molecule has 1 aromatic heterocycles. The Morgan fingerprint density at radius 3 is 2.89 bits per heavy atom. The molecule has 4 heteroatoms. The topological polar surface area (TPSA) is 50.2 Å². The second kappa shape index (κ2) is 6.75. The van der Waals surface area contributed by atoms with Gasteiger partial charge in [-0.2, -0.15) is 0 Å². The van der Waals surface area contributed by atoms with Crippen LogP contribution in [0.15, 0.2) is 59.8 Å². The molecule has 0 atom stereocenters. The molecule has 96 valence electrons. The first kappa shape index (κ1) is 13.4. The molecule has 1 N–H and O–H groups in total. The molecule has 0 aliphatic carbocycles. The minimum absolute atomic E-state index is 0.811. The molecule has 19 heavy (non-hydrogen) atoms. The highest BCUT2D eigenvalue weighted by atomic mass is 32.2. The molecule has 0 aliphatic rings. The lowest BCUT2D eigenvalue weighted by atomic mass is 10.1. The van der Waals surface area contributed by atoms with Gasteiger partial charge in [-0.25, -0.2) is 9.78 Å². The van der Waals surface area contributed by atoms with Gasteiger partial charge >= 0.3 is 5.97 Å². The second-order valence-corrected chi connectivity index (χ2v) is 4.87. The molecule has 0 saturated carbocycles. The van der Waals surface area contributed by atoms with Crippen LogP contribution in [-0.2, 0) is 10.5 Å². The summed E-state index contributed by atoms with van der Waals surface area (Å²) in [4.78, 5) is 14.7. The second-order valence-electron chi connectivity index (χ2n) is 3.87. The Morgan fingerprint density at radius 1 is 1.26 bits per heavy atom. The van der Waals surface area contributed by atoms with E-state index in [1.54, 1.807) is 24.0 Å². The zero-order valence-electron chi connectivity index (χ0n) is 10.2. The minimum Gasteiger partial charge on any atom is -0.478 e. The largest absolute Gasteiger partial charge is 0.478 e. The van der Waals surface area contributed by atoms with Gasteiger partial charge < -0.3 is 5.11 Å². The number of aliphatic carboxylic acids is 1. The Bertz CT molecular complexity index is 582. The Hall–Kier alpha value is -2.07. The van der Waals surface area contributed by atoms with Crippen molar-refractivity contribution in [2.75, 3.05) is 0 Å². The predicted molar refractivity (Wildman–Crippen MR) is 76.9 cm³/mol. The first-order valence-electron chi connectivity index (χ1n) is 5.78. The third-order valence-corrected chi connectivity index (χ3v) is 3.41. The monoisotopic (exact) mass is 271 g/mol. The Morgan fingerprint density at radius 2 is 2.16 bits per heavy atom. The van der Waals surface area contributed by atoms with E-state index in [2.05, 4.69) is 4.98 Å². The van der Waals surface area contributed by atoms with Gasteiger partial charge in [-0.15, -0.1) is 11.8 Å². The third-order valence-electron chi connectivity index (χ3n) is 2.39. The van der Waals surface area contributed by atoms with Crippen LogP contribution in [0.1, 0.15) is 11.1 Å². The molecular formula is C15H13NO2S. The average Bonchev–Trinajstić information content (AvgIpc) is 2.44. The Labute approximate surface area is 116 Å². The van der Waals surface area contributed by atoms with Gasteiger partial charge in [0.25, 0.3) is 0 Å². The molecule has 3 nitrogen and oxygen atoms in total. The van der Waals surface area contributed by atoms with Crippen LogP contribution >= 0.6 is 11.8 Å². The van der Waals surface area contributed by atoms with E-state index >= 15 is 0 Å². The molecule has 0 aliphatic heterocycles. The van der Waals surface area contributed by atoms with Gasteiger partial charge in [0, 0.05) is 18.0 Å². The van der Waals surface area contributed by atoms with E-state index in [0.717, 1.165) is 28.0 Å². The molecule has 1 aromatic carbocycles. The summed E-state index contributed by atoms with van der Waals surface area (Å²) in [6, 6.07) is 13.6. The van der Waals surface area contributed by atoms with E-state index < -0.39 is 5.97 Å². The Kier molecular flexibility index (Phi) is 4.75. The van der Waals surface area contributed by atoms with E-state index in [-0.39, 0.29) is 0 Å². The maximum atomic E-state index is 10.5. The van der Waals surface area contributed by atoms with Gasteiger partial charge in [0.2, 0.25) is 0 Å². The number of rotatable bonds is 5. The number of benzene rings is 1. The molecule has 2 rings (SSSR count). The SMILES string of the molecule is O=C(O)C=Cc1cccc(CSc2ccccn2)c1. The van der Waals surface area contributed by atoms with Crippen LogP contribution in [-0.4, -0.2) is 16.1 Å². The van der Waals surface area contributed by atoms with E-state index in [1.807, 2.05) is 42.5 Å². The van der Waals surface area contributed by atoms with Crippen molar-refractivity contribution < 1.29 is 9.90 Å². The van der Waals surface area contributed by atoms with Gasteiger partial charge in [-0.05, 0) is 29.3 Å². The molecular weight excluding hydrogens is 258 g/mol. The summed E-state index contributed by atoms with van der Waals surface area (Å²) in [5.74, 6) is -0.126. The van der Waals surface area contributed by atoms with Crippen LogP contribution in [0.2, 0.25) is 0 Å². The zero-order valence-corrected chi connectivity index (χ0v) is 11.0. The number of hydrogen-bond acceptors (Lipinski definition) is 3. The first-order valence-corrected chi connectivity index (χ1v) is 6.76. The van der Waals surface area contributed by atoms with Crippen molar-refractivity contribution in [1.82, 2.24) is 4.98 Å². The summed E-state index contributed by atoms with van der Waals surface area (Å²) in [6.07, 6.45) is 4.51. The van der Waals surface area contributed by atoms with E-state index in [1.165, 1.54) is 0 Å². The molecule has 0 amide bonds. The van der Waals surface area contributed by atoms with Crippen LogP contribution < -0.4 is 0 Å². The summed E-state index contributed by atoms with van der Waals surface area (Å²) < 4.78 is 0. The number of carboxylic acid groups (broad SMARTS) is 1. The quantitative estimate of drug-likeness (QED) is 0.668. The number of aromatic nitrogens is 1. The van der Waals surface area contributed by atoms with Crippen molar-refractivity contribution in [3.8, 4) is 0 Å². The highest BCUT2D eigenvalue weighted by Gasteiger charge is 1.98. The predicted octanol–water partition coefficient (Wildman–Crippen LogP) is 3.47. The first-order chi connectivity index (χ1) is 9.24. The van der Waals surface area contributed by atoms with Gasteiger partial charge in [0.15, 0.2) is 0 Å². The normalized spacial score (nSPS) is 10.7. The minimum atomic E-state index is -0.937. The fourth-order valence-electron chi connectivity index (χ4n) is 1.54. The van der Waals surface area contributed by atoms with E-state index in [9.17, 15) is 4.79 Å². The number of thioether (sulfide) groups is 1. The molecule has 2 aromatic rings. The van der Waals surface area contributed by atoms with Crippen LogP contribution in [0.4, 0.5) is 0 Å². The number of pyridine rings is 1. The van der Waals surface area contributed by atoms with E-state index in [4.69, 9.17) is 5.11 Å². The van der Waals surface area contributed by atoms with E-state index in [0.29, 0.717) is 0 Å². The lowest BCUT2D eigenvalue weighted by Gasteiger charge is -2.02. The standard InChI is InChI=1S/C15H13NO2S/c17-15(18)8-7-12-4-3-5-13(10-12)11-19-14-6-1-2-9-16-14/h1-10H,11H2,(H,17,18). The van der Waals surface area contributed by atoms with Gasteiger partial charge in [-0.1, -0.05) is 30.3 Å². The molecule has 0 saturated heterocycles. The molecule has 0 fully saturated rings. The van der Waals surface area contributed by atoms with Crippen molar-refractivity contribution in [1.29, 1.82) is 0 Å². The maximum absolute atomic E-state index is 10.5. The van der Waals surface area contributed by atoms with Crippen molar-refractivity contribution in [2.24, 2.45) is 0 Å². The van der Waals surface area contributed by atoms with Crippen LogP contribution in [0, 0.1) is 0 Å². The summed E-state index contributed by atoms with van der Waals surface area (Å²) in [7, 11) is 0. The van der Waals surface area contributed by atoms with Crippen molar-refractivity contribution >= 4 is 23.8 Å². The smallest absolute Gasteiger partial charge is 0.328 e. The maximum Gasteiger partial charge on any atom is 0.328 e. The fourth-order valence-corrected chi connectivity index (χ4v) is 2.35. The summed E-state index contributed by atoms with van der Waals surface area (Å²) >= 11 is 1.66. The third kappa shape index (κ3) is 4.60. The van der Waals surface area contributed by atoms with Crippen LogP contribution in [0.25, 0.3) is 6.08 Å². The average molecular weight is 271 g/mol. The summed E-state index contributed by atoms with van der Waals surface area (Å²) in [5, 5.41) is 9.58. The molecule has 1 heterocycles.